The maximum Gasteiger partial charge on any atom is 0.496 e. The lowest BCUT2D eigenvalue weighted by atomic mass is 9.80. The van der Waals surface area contributed by atoms with E-state index in [1.165, 1.54) is 12.3 Å². The number of rotatable bonds is 2. The molecule has 0 radical (unpaired) electrons. The van der Waals surface area contributed by atoms with Crippen molar-refractivity contribution in [2.75, 3.05) is 4.90 Å². The molecule has 0 saturated carbocycles. The first-order chi connectivity index (χ1) is 13.4. The maximum atomic E-state index is 12.7. The largest absolute Gasteiger partial charge is 0.496 e. The average molecular weight is 420 g/mol. The molecular weight excluding hydrogens is 387 g/mol. The highest BCUT2D eigenvalue weighted by atomic mass is 16.7. The van der Waals surface area contributed by atoms with Crippen LogP contribution >= 0.6 is 0 Å². The summed E-state index contributed by atoms with van der Waals surface area (Å²) in [5, 5.41) is 0. The van der Waals surface area contributed by atoms with Gasteiger partial charge >= 0.3 is 19.3 Å². The molecular formula is C21H33BN2O6. The number of ether oxygens (including phenoxy) is 2. The van der Waals surface area contributed by atoms with E-state index in [9.17, 15) is 9.59 Å². The molecule has 8 nitrogen and oxygen atoms in total. The number of amides is 2. The number of nitrogens with zero attached hydrogens (tertiary/aromatic N) is 2. The molecule has 30 heavy (non-hydrogen) atoms. The van der Waals surface area contributed by atoms with Crippen LogP contribution < -0.4 is 10.4 Å². The average Bonchev–Trinajstić information content (AvgIpc) is 2.72. The lowest BCUT2D eigenvalue weighted by Gasteiger charge is -2.32. The van der Waals surface area contributed by atoms with Gasteiger partial charge in [-0.05, 0) is 75.3 Å². The molecule has 0 N–H and O–H groups in total. The van der Waals surface area contributed by atoms with Crippen LogP contribution in [0.3, 0.4) is 0 Å². The first-order valence-corrected chi connectivity index (χ1v) is 10.00. The highest BCUT2D eigenvalue weighted by molar-refractivity contribution is 6.62. The summed E-state index contributed by atoms with van der Waals surface area (Å²) in [6, 6.07) is 3.24. The van der Waals surface area contributed by atoms with Gasteiger partial charge in [0.2, 0.25) is 0 Å². The van der Waals surface area contributed by atoms with Crippen molar-refractivity contribution in [1.82, 2.24) is 4.98 Å². The second kappa shape index (κ2) is 7.85. The number of anilines is 1. The van der Waals surface area contributed by atoms with Crippen LogP contribution in [0, 0.1) is 0 Å². The Balaban J connectivity index is 2.31. The normalized spacial score (nSPS) is 18.1. The quantitative estimate of drug-likeness (QED) is 0.667. The molecule has 2 amide bonds. The van der Waals surface area contributed by atoms with E-state index >= 15 is 0 Å². The number of carbonyl (C=O) groups excluding carboxylic acids is 2. The van der Waals surface area contributed by atoms with Crippen LogP contribution in [0.2, 0.25) is 0 Å². The molecule has 1 aromatic heterocycles. The summed E-state index contributed by atoms with van der Waals surface area (Å²) in [6.45, 7) is 18.1. The molecule has 1 saturated heterocycles. The van der Waals surface area contributed by atoms with Gasteiger partial charge in [-0.1, -0.05) is 6.07 Å². The topological polar surface area (TPSA) is 87.2 Å². The minimum Gasteiger partial charge on any atom is -0.443 e. The van der Waals surface area contributed by atoms with Gasteiger partial charge in [-0.2, -0.15) is 4.90 Å². The Morgan fingerprint density at radius 1 is 0.900 bits per heavy atom. The van der Waals surface area contributed by atoms with E-state index in [2.05, 4.69) is 4.98 Å². The predicted molar refractivity (Wildman–Crippen MR) is 115 cm³/mol. The van der Waals surface area contributed by atoms with E-state index in [4.69, 9.17) is 18.8 Å². The van der Waals surface area contributed by atoms with Crippen molar-refractivity contribution in [2.45, 2.75) is 91.6 Å². The predicted octanol–water partition coefficient (Wildman–Crippen LogP) is 4.06. The lowest BCUT2D eigenvalue weighted by Crippen LogP contribution is -2.44. The molecule has 0 aromatic carbocycles. The van der Waals surface area contributed by atoms with Gasteiger partial charge in [-0.15, -0.1) is 0 Å². The van der Waals surface area contributed by atoms with Gasteiger partial charge in [-0.3, -0.25) is 0 Å². The van der Waals surface area contributed by atoms with Gasteiger partial charge in [-0.25, -0.2) is 14.6 Å². The number of pyridine rings is 1. The number of hydrogen-bond donors (Lipinski definition) is 0. The highest BCUT2D eigenvalue weighted by Crippen LogP contribution is 2.36. The molecule has 9 heteroatoms. The molecule has 1 aliphatic heterocycles. The molecule has 0 bridgehead atoms. The Morgan fingerprint density at radius 2 is 1.33 bits per heavy atom. The third-order valence-electron chi connectivity index (χ3n) is 4.68. The van der Waals surface area contributed by atoms with E-state index in [1.54, 1.807) is 47.6 Å². The molecule has 0 spiro atoms. The molecule has 2 heterocycles. The minimum absolute atomic E-state index is 0.0822. The fraction of sp³-hybridized carbons (Fsp3) is 0.667. The first kappa shape index (κ1) is 24.1. The van der Waals surface area contributed by atoms with Crippen LogP contribution in [0.1, 0.15) is 69.2 Å². The summed E-state index contributed by atoms with van der Waals surface area (Å²) in [6.07, 6.45) is -0.223. The summed E-state index contributed by atoms with van der Waals surface area (Å²) in [5.74, 6) is 0.0822. The van der Waals surface area contributed by atoms with Crippen LogP contribution in [0.25, 0.3) is 0 Å². The first-order valence-electron chi connectivity index (χ1n) is 10.00. The van der Waals surface area contributed by atoms with E-state index in [1.807, 2.05) is 27.7 Å². The highest BCUT2D eigenvalue weighted by Gasteiger charge is 2.51. The monoisotopic (exact) mass is 420 g/mol. The van der Waals surface area contributed by atoms with Crippen LogP contribution in [-0.2, 0) is 18.8 Å². The zero-order valence-corrected chi connectivity index (χ0v) is 19.7. The lowest BCUT2D eigenvalue weighted by molar-refractivity contribution is 0.00578. The van der Waals surface area contributed by atoms with Crippen LogP contribution in [0.5, 0.6) is 0 Å². The molecule has 0 unspecified atom stereocenters. The fourth-order valence-electron chi connectivity index (χ4n) is 2.53. The molecule has 0 atom stereocenters. The van der Waals surface area contributed by atoms with Crippen LogP contribution in [0.4, 0.5) is 15.4 Å². The third kappa shape index (κ3) is 5.73. The molecule has 0 aliphatic carbocycles. The summed E-state index contributed by atoms with van der Waals surface area (Å²) < 4.78 is 22.8. The summed E-state index contributed by atoms with van der Waals surface area (Å²) in [7, 11) is -0.604. The van der Waals surface area contributed by atoms with Gasteiger partial charge in [0, 0.05) is 11.7 Å². The van der Waals surface area contributed by atoms with E-state index in [0.717, 1.165) is 4.90 Å². The Kier molecular flexibility index (Phi) is 6.32. The second-order valence-corrected chi connectivity index (χ2v) is 10.3. The fourth-order valence-corrected chi connectivity index (χ4v) is 2.53. The van der Waals surface area contributed by atoms with Crippen molar-refractivity contribution in [2.24, 2.45) is 0 Å². The van der Waals surface area contributed by atoms with E-state index < -0.39 is 41.7 Å². The van der Waals surface area contributed by atoms with Gasteiger partial charge in [0.05, 0.1) is 11.2 Å². The van der Waals surface area contributed by atoms with Gasteiger partial charge in [0.15, 0.2) is 0 Å². The van der Waals surface area contributed by atoms with Crippen LogP contribution in [-0.4, -0.2) is 46.7 Å². The third-order valence-corrected chi connectivity index (χ3v) is 4.68. The molecule has 166 valence electrons. The second-order valence-electron chi connectivity index (χ2n) is 10.3. The Morgan fingerprint density at radius 3 is 1.67 bits per heavy atom. The Labute approximate surface area is 179 Å². The summed E-state index contributed by atoms with van der Waals surface area (Å²) in [5.41, 5.74) is -1.89. The van der Waals surface area contributed by atoms with Crippen molar-refractivity contribution < 1.29 is 28.4 Å². The molecule has 1 aromatic rings. The number of aromatic nitrogens is 1. The molecule has 1 aliphatic rings. The number of carbonyl (C=O) groups is 2. The van der Waals surface area contributed by atoms with Crippen molar-refractivity contribution in [1.29, 1.82) is 0 Å². The maximum absolute atomic E-state index is 12.7. The Hall–Kier alpha value is -2.13. The standard InChI is InChI=1S/C21H33BN2O6/c1-18(2,3)27-16(25)24(17(26)28-19(4,5)6)15-12-11-14(13-23-15)22-29-20(7,8)21(9,10)30-22/h11-13H,1-10H3. The van der Waals surface area contributed by atoms with Gasteiger partial charge < -0.3 is 18.8 Å². The van der Waals surface area contributed by atoms with Crippen molar-refractivity contribution in [3.05, 3.63) is 18.3 Å². The van der Waals surface area contributed by atoms with Crippen molar-refractivity contribution >= 4 is 30.6 Å². The van der Waals surface area contributed by atoms with E-state index in [0.29, 0.717) is 5.46 Å². The minimum atomic E-state index is -0.868. The van der Waals surface area contributed by atoms with Gasteiger partial charge in [0.1, 0.15) is 17.0 Å². The van der Waals surface area contributed by atoms with Crippen LogP contribution in [0.15, 0.2) is 18.3 Å². The van der Waals surface area contributed by atoms with Crippen molar-refractivity contribution in [3.63, 3.8) is 0 Å². The SMILES string of the molecule is CC(C)(C)OC(=O)N(C(=O)OC(C)(C)C)c1ccc(B2OC(C)(C)C(C)(C)O2)cn1. The van der Waals surface area contributed by atoms with E-state index in [-0.39, 0.29) is 5.82 Å². The summed E-state index contributed by atoms with van der Waals surface area (Å²) in [4.78, 5) is 30.5. The summed E-state index contributed by atoms with van der Waals surface area (Å²) >= 11 is 0. The van der Waals surface area contributed by atoms with Crippen molar-refractivity contribution in [3.8, 4) is 0 Å². The molecule has 1 fully saturated rings. The van der Waals surface area contributed by atoms with Gasteiger partial charge in [0.25, 0.3) is 0 Å². The molecule has 2 rings (SSSR count). The number of imide groups is 1. The smallest absolute Gasteiger partial charge is 0.443 e. The zero-order chi connectivity index (χ0) is 23.1. The number of hydrogen-bond acceptors (Lipinski definition) is 7. The zero-order valence-electron chi connectivity index (χ0n) is 19.7. The Bertz CT molecular complexity index is 749.